The van der Waals surface area contributed by atoms with E-state index in [0.717, 1.165) is 22.4 Å². The number of hydrogen-bond donors (Lipinski definition) is 2. The van der Waals surface area contributed by atoms with Gasteiger partial charge in [-0.3, -0.25) is 4.55 Å². The van der Waals surface area contributed by atoms with Gasteiger partial charge in [0.05, 0.1) is 5.92 Å². The highest BCUT2D eigenvalue weighted by atomic mass is 32.2. The topological polar surface area (TPSA) is 93.5 Å². The molecule has 0 aliphatic carbocycles. The molecule has 0 amide bonds. The van der Waals surface area contributed by atoms with Gasteiger partial charge in [0.15, 0.2) is 0 Å². The summed E-state index contributed by atoms with van der Waals surface area (Å²) >= 11 is 0. The minimum atomic E-state index is -4.33. The Morgan fingerprint density at radius 3 is 2.72 bits per heavy atom. The third-order valence-corrected chi connectivity index (χ3v) is 5.57. The number of aromatic nitrogens is 2. The summed E-state index contributed by atoms with van der Waals surface area (Å²) in [4.78, 5) is 4.34. The molecule has 0 bridgehead atoms. The summed E-state index contributed by atoms with van der Waals surface area (Å²) in [6.07, 6.45) is 3.82. The van der Waals surface area contributed by atoms with Crippen LogP contribution in [0.1, 0.15) is 34.5 Å². The maximum atomic E-state index is 13.2. The Morgan fingerprint density at radius 2 is 2.07 bits per heavy atom. The number of imidazole rings is 1. The molecule has 1 aromatic heterocycles. The Hall–Kier alpha value is -2.75. The SMILES string of the molecule is Cn1ccnc1C(CNS(=O)(=O)O)c1ccc2c(c1)CC(c1ccc(F)cc1)O2. The normalized spacial score (nSPS) is 17.0. The second-order valence-corrected chi connectivity index (χ2v) is 8.24. The molecule has 0 spiro atoms. The van der Waals surface area contributed by atoms with Crippen LogP contribution in [0.25, 0.3) is 0 Å². The maximum Gasteiger partial charge on any atom is 0.333 e. The van der Waals surface area contributed by atoms with E-state index in [1.165, 1.54) is 12.1 Å². The van der Waals surface area contributed by atoms with Crippen LogP contribution in [0.3, 0.4) is 0 Å². The molecule has 152 valence electrons. The minimum absolute atomic E-state index is 0.0370. The first-order valence-corrected chi connectivity index (χ1v) is 10.5. The molecule has 2 heterocycles. The van der Waals surface area contributed by atoms with Crippen molar-refractivity contribution in [1.82, 2.24) is 14.3 Å². The zero-order chi connectivity index (χ0) is 20.6. The van der Waals surface area contributed by atoms with E-state index in [4.69, 9.17) is 9.29 Å². The molecule has 4 rings (SSSR count). The van der Waals surface area contributed by atoms with E-state index in [2.05, 4.69) is 9.71 Å². The molecule has 3 aromatic rings. The molecule has 0 fully saturated rings. The molecule has 2 N–H and O–H groups in total. The molecular weight excluding hydrogens is 397 g/mol. The summed E-state index contributed by atoms with van der Waals surface area (Å²) in [6.45, 7) is -0.0370. The van der Waals surface area contributed by atoms with E-state index < -0.39 is 16.2 Å². The van der Waals surface area contributed by atoms with Crippen LogP contribution in [-0.4, -0.2) is 29.1 Å². The second kappa shape index (κ2) is 7.58. The Balaban J connectivity index is 1.62. The lowest BCUT2D eigenvalue weighted by molar-refractivity contribution is 0.238. The first-order chi connectivity index (χ1) is 13.8. The van der Waals surface area contributed by atoms with Crippen LogP contribution in [0.15, 0.2) is 54.9 Å². The van der Waals surface area contributed by atoms with Gasteiger partial charge in [0, 0.05) is 32.4 Å². The van der Waals surface area contributed by atoms with Crippen LogP contribution in [0.5, 0.6) is 5.75 Å². The molecule has 1 aliphatic heterocycles. The highest BCUT2D eigenvalue weighted by Crippen LogP contribution is 2.38. The Labute approximate surface area is 168 Å². The van der Waals surface area contributed by atoms with E-state index in [0.29, 0.717) is 12.2 Å². The van der Waals surface area contributed by atoms with Crippen molar-refractivity contribution in [2.24, 2.45) is 7.05 Å². The standard InChI is InChI=1S/C20H20FN3O4S/c1-24-9-8-22-20(24)17(12-23-29(25,26)27)14-4-7-18-15(10-14)11-19(28-18)13-2-5-16(21)6-3-13/h2-10,17,19,23H,11-12H2,1H3,(H,25,26,27). The van der Waals surface area contributed by atoms with Gasteiger partial charge < -0.3 is 9.30 Å². The fourth-order valence-electron chi connectivity index (χ4n) is 3.61. The summed E-state index contributed by atoms with van der Waals surface area (Å²) in [6, 6.07) is 11.9. The first kappa shape index (κ1) is 19.6. The van der Waals surface area contributed by atoms with Crippen molar-refractivity contribution in [3.63, 3.8) is 0 Å². The quantitative estimate of drug-likeness (QED) is 0.602. The minimum Gasteiger partial charge on any atom is -0.485 e. The zero-order valence-corrected chi connectivity index (χ0v) is 16.4. The highest BCUT2D eigenvalue weighted by Gasteiger charge is 2.27. The van der Waals surface area contributed by atoms with Crippen molar-refractivity contribution in [3.8, 4) is 5.75 Å². The number of nitrogens with zero attached hydrogens (tertiary/aromatic N) is 2. The average molecular weight is 417 g/mol. The van der Waals surface area contributed by atoms with Crippen LogP contribution in [-0.2, 0) is 23.8 Å². The summed E-state index contributed by atoms with van der Waals surface area (Å²) in [5, 5.41) is 0. The van der Waals surface area contributed by atoms with Gasteiger partial charge in [-0.25, -0.2) is 9.37 Å². The number of benzene rings is 2. The Morgan fingerprint density at radius 1 is 1.31 bits per heavy atom. The van der Waals surface area contributed by atoms with E-state index >= 15 is 0 Å². The molecule has 1 aliphatic rings. The molecular formula is C20H20FN3O4S. The van der Waals surface area contributed by atoms with Gasteiger partial charge in [-0.05, 0) is 34.9 Å². The number of rotatable bonds is 6. The van der Waals surface area contributed by atoms with E-state index in [-0.39, 0.29) is 18.5 Å². The highest BCUT2D eigenvalue weighted by molar-refractivity contribution is 7.83. The number of hydrogen-bond acceptors (Lipinski definition) is 4. The Bertz CT molecular complexity index is 1130. The molecule has 9 heteroatoms. The van der Waals surface area contributed by atoms with Crippen LogP contribution in [0.2, 0.25) is 0 Å². The number of nitrogens with one attached hydrogen (secondary N) is 1. The smallest absolute Gasteiger partial charge is 0.333 e. The monoisotopic (exact) mass is 417 g/mol. The molecule has 7 nitrogen and oxygen atoms in total. The summed E-state index contributed by atoms with van der Waals surface area (Å²) in [5.41, 5.74) is 2.71. The zero-order valence-electron chi connectivity index (χ0n) is 15.6. The number of aryl methyl sites for hydroxylation is 1. The van der Waals surface area contributed by atoms with Crippen molar-refractivity contribution in [3.05, 3.63) is 83.2 Å². The van der Waals surface area contributed by atoms with Crippen LogP contribution >= 0.6 is 0 Å². The second-order valence-electron chi connectivity index (χ2n) is 7.00. The fourth-order valence-corrected chi connectivity index (χ4v) is 3.99. The number of halogens is 1. The molecule has 0 saturated carbocycles. The maximum absolute atomic E-state index is 13.2. The molecule has 2 unspecified atom stereocenters. The summed E-state index contributed by atoms with van der Waals surface area (Å²) in [7, 11) is -2.51. The Kier molecular flexibility index (Phi) is 5.12. The van der Waals surface area contributed by atoms with Gasteiger partial charge in [-0.1, -0.05) is 24.3 Å². The number of ether oxygens (including phenoxy) is 1. The van der Waals surface area contributed by atoms with Crippen LogP contribution in [0.4, 0.5) is 4.39 Å². The average Bonchev–Trinajstić information content (AvgIpc) is 3.28. The van der Waals surface area contributed by atoms with Crippen molar-refractivity contribution < 1.29 is 22.1 Å². The first-order valence-electron chi connectivity index (χ1n) is 9.04. The molecule has 29 heavy (non-hydrogen) atoms. The van der Waals surface area contributed by atoms with E-state index in [9.17, 15) is 12.8 Å². The lowest BCUT2D eigenvalue weighted by Crippen LogP contribution is -2.29. The molecule has 2 atom stereocenters. The van der Waals surface area contributed by atoms with E-state index in [1.54, 1.807) is 29.1 Å². The lowest BCUT2D eigenvalue weighted by Gasteiger charge is -2.18. The molecule has 2 aromatic carbocycles. The van der Waals surface area contributed by atoms with Crippen LogP contribution in [0, 0.1) is 5.82 Å². The lowest BCUT2D eigenvalue weighted by atomic mass is 9.94. The third kappa shape index (κ3) is 4.31. The largest absolute Gasteiger partial charge is 0.485 e. The summed E-state index contributed by atoms with van der Waals surface area (Å²) < 4.78 is 54.7. The van der Waals surface area contributed by atoms with Crippen molar-refractivity contribution >= 4 is 10.3 Å². The molecule has 0 radical (unpaired) electrons. The van der Waals surface area contributed by atoms with Gasteiger partial charge in [-0.2, -0.15) is 13.1 Å². The van der Waals surface area contributed by atoms with Gasteiger partial charge in [0.25, 0.3) is 0 Å². The van der Waals surface area contributed by atoms with Gasteiger partial charge >= 0.3 is 10.3 Å². The predicted octanol–water partition coefficient (Wildman–Crippen LogP) is 2.76. The van der Waals surface area contributed by atoms with Gasteiger partial charge in [-0.15, -0.1) is 0 Å². The number of fused-ring (bicyclic) bond motifs is 1. The van der Waals surface area contributed by atoms with Gasteiger partial charge in [0.1, 0.15) is 23.5 Å². The third-order valence-electron chi connectivity index (χ3n) is 5.04. The summed E-state index contributed by atoms with van der Waals surface area (Å²) in [5.74, 6) is 0.711. The van der Waals surface area contributed by atoms with Gasteiger partial charge in [0.2, 0.25) is 0 Å². The fraction of sp³-hybridized carbons (Fsp3) is 0.250. The van der Waals surface area contributed by atoms with Crippen molar-refractivity contribution in [2.45, 2.75) is 18.4 Å². The molecule has 0 saturated heterocycles. The van der Waals surface area contributed by atoms with Crippen molar-refractivity contribution in [2.75, 3.05) is 6.54 Å². The van der Waals surface area contributed by atoms with Crippen LogP contribution < -0.4 is 9.46 Å². The van der Waals surface area contributed by atoms with Crippen molar-refractivity contribution in [1.29, 1.82) is 0 Å². The van der Waals surface area contributed by atoms with E-state index in [1.807, 2.05) is 25.2 Å². The predicted molar refractivity (Wildman–Crippen MR) is 105 cm³/mol.